The van der Waals surface area contributed by atoms with Gasteiger partial charge in [-0.05, 0) is 43.0 Å². The van der Waals surface area contributed by atoms with Crippen LogP contribution >= 0.6 is 0 Å². The highest BCUT2D eigenvalue weighted by Gasteiger charge is 2.23. The molecule has 7 heteroatoms. The van der Waals surface area contributed by atoms with Crippen LogP contribution in [0.3, 0.4) is 0 Å². The average Bonchev–Trinajstić information content (AvgIpc) is 3.10. The van der Waals surface area contributed by atoms with Gasteiger partial charge in [0, 0.05) is 6.04 Å². The first-order valence-corrected chi connectivity index (χ1v) is 7.76. The molecule has 2 heterocycles. The van der Waals surface area contributed by atoms with Crippen molar-refractivity contribution in [1.82, 2.24) is 25.5 Å². The number of aryl methyl sites for hydroxylation is 1. The maximum absolute atomic E-state index is 12.1. The minimum atomic E-state index is -0.0710. The molecular weight excluding hydrogens is 282 g/mol. The molecule has 7 nitrogen and oxygen atoms in total. The first-order valence-electron chi connectivity index (χ1n) is 7.76. The zero-order valence-electron chi connectivity index (χ0n) is 13.0. The number of nitrogens with zero attached hydrogens (tertiary/aromatic N) is 4. The third kappa shape index (κ3) is 3.35. The summed E-state index contributed by atoms with van der Waals surface area (Å²) in [5.74, 6) is 2.20. The number of hydrogen-bond donors (Lipinski definition) is 1. The summed E-state index contributed by atoms with van der Waals surface area (Å²) in [5, 5.41) is 15.1. The Balaban J connectivity index is 1.59. The number of carbonyl (C=O) groups excluding carboxylic acids is 1. The molecule has 0 bridgehead atoms. The first-order chi connectivity index (χ1) is 10.6. The van der Waals surface area contributed by atoms with E-state index in [1.807, 2.05) is 13.0 Å². The fourth-order valence-electron chi connectivity index (χ4n) is 2.88. The van der Waals surface area contributed by atoms with Crippen molar-refractivity contribution in [3.05, 3.63) is 17.9 Å². The van der Waals surface area contributed by atoms with Crippen LogP contribution in [0.15, 0.2) is 16.5 Å². The molecule has 3 rings (SSSR count). The van der Waals surface area contributed by atoms with Gasteiger partial charge in [-0.1, -0.05) is 19.8 Å². The number of hydrogen-bond acceptors (Lipinski definition) is 5. The minimum absolute atomic E-state index is 0.0710. The zero-order valence-corrected chi connectivity index (χ0v) is 13.0. The second-order valence-electron chi connectivity index (χ2n) is 5.99. The Kier molecular flexibility index (Phi) is 4.22. The lowest BCUT2D eigenvalue weighted by Gasteiger charge is -2.29. The first kappa shape index (κ1) is 14.7. The summed E-state index contributed by atoms with van der Waals surface area (Å²) in [6.07, 6.45) is 4.66. The van der Waals surface area contributed by atoms with Crippen molar-refractivity contribution in [3.63, 3.8) is 0 Å². The van der Waals surface area contributed by atoms with E-state index in [1.54, 1.807) is 6.07 Å². The van der Waals surface area contributed by atoms with Crippen LogP contribution in [-0.2, 0) is 11.3 Å². The third-order valence-corrected chi connectivity index (χ3v) is 4.16. The maximum atomic E-state index is 12.1. The fraction of sp³-hybridized carbons (Fsp3) is 0.600. The molecule has 0 spiro atoms. The Morgan fingerprint density at radius 2 is 2.23 bits per heavy atom. The molecule has 1 saturated carbocycles. The molecular formula is C15H21N5O2. The molecule has 1 aliphatic carbocycles. The molecule has 2 aromatic heterocycles. The quantitative estimate of drug-likeness (QED) is 0.932. The average molecular weight is 303 g/mol. The summed E-state index contributed by atoms with van der Waals surface area (Å²) in [5.41, 5.74) is 0. The molecule has 118 valence electrons. The van der Waals surface area contributed by atoms with E-state index in [2.05, 4.69) is 27.7 Å². The van der Waals surface area contributed by atoms with E-state index in [4.69, 9.17) is 4.42 Å². The highest BCUT2D eigenvalue weighted by atomic mass is 16.3. The monoisotopic (exact) mass is 303 g/mol. The van der Waals surface area contributed by atoms with Crippen LogP contribution in [0.4, 0.5) is 0 Å². The van der Waals surface area contributed by atoms with E-state index in [0.717, 1.165) is 12.2 Å². The minimum Gasteiger partial charge on any atom is -0.458 e. The molecule has 22 heavy (non-hydrogen) atoms. The number of rotatable bonds is 4. The Hall–Kier alpha value is -2.18. The molecule has 1 fully saturated rings. The summed E-state index contributed by atoms with van der Waals surface area (Å²) < 4.78 is 5.44. The molecule has 0 aromatic carbocycles. The van der Waals surface area contributed by atoms with Gasteiger partial charge in [-0.3, -0.25) is 4.79 Å². The fourth-order valence-corrected chi connectivity index (χ4v) is 2.88. The molecule has 0 radical (unpaired) electrons. The number of carbonyl (C=O) groups is 1. The topological polar surface area (TPSA) is 85.8 Å². The summed E-state index contributed by atoms with van der Waals surface area (Å²) in [7, 11) is 0. The van der Waals surface area contributed by atoms with Gasteiger partial charge in [0.15, 0.2) is 5.76 Å². The van der Waals surface area contributed by atoms with Gasteiger partial charge in [0.05, 0.1) is 0 Å². The Labute approximate surface area is 129 Å². The molecule has 1 aliphatic rings. The summed E-state index contributed by atoms with van der Waals surface area (Å²) in [6.45, 7) is 4.12. The summed E-state index contributed by atoms with van der Waals surface area (Å²) in [6, 6.07) is 3.89. The van der Waals surface area contributed by atoms with Crippen molar-refractivity contribution in [2.24, 2.45) is 5.92 Å². The second-order valence-corrected chi connectivity index (χ2v) is 5.99. The normalized spacial score (nSPS) is 21.7. The van der Waals surface area contributed by atoms with Crippen molar-refractivity contribution < 1.29 is 9.21 Å². The third-order valence-electron chi connectivity index (χ3n) is 4.16. The molecule has 1 N–H and O–H groups in total. The van der Waals surface area contributed by atoms with Crippen LogP contribution < -0.4 is 5.32 Å². The van der Waals surface area contributed by atoms with Crippen molar-refractivity contribution >= 4 is 5.91 Å². The molecule has 2 atom stereocenters. The van der Waals surface area contributed by atoms with E-state index in [9.17, 15) is 4.79 Å². The van der Waals surface area contributed by atoms with Crippen molar-refractivity contribution in [3.8, 4) is 11.6 Å². The highest BCUT2D eigenvalue weighted by molar-refractivity contribution is 5.75. The van der Waals surface area contributed by atoms with Crippen LogP contribution in [0.5, 0.6) is 0 Å². The molecule has 2 aromatic rings. The number of tetrazole rings is 1. The lowest BCUT2D eigenvalue weighted by atomic mass is 9.86. The standard InChI is InChI=1S/C15H21N5O2/c1-10-5-3-4-6-12(10)16-14(21)9-20-18-15(17-19-20)13-8-7-11(2)22-13/h7-8,10,12H,3-6,9H2,1-2H3,(H,16,21). The van der Waals surface area contributed by atoms with Crippen LogP contribution in [0.1, 0.15) is 38.4 Å². The van der Waals surface area contributed by atoms with Gasteiger partial charge in [-0.2, -0.15) is 4.80 Å². The number of aromatic nitrogens is 4. The Bertz CT molecular complexity index is 648. The number of amides is 1. The number of nitrogens with one attached hydrogen (secondary N) is 1. The SMILES string of the molecule is Cc1ccc(-c2nnn(CC(=O)NC3CCCCC3C)n2)o1. The van der Waals surface area contributed by atoms with E-state index in [0.29, 0.717) is 17.5 Å². The smallest absolute Gasteiger partial charge is 0.243 e. The van der Waals surface area contributed by atoms with Gasteiger partial charge >= 0.3 is 0 Å². The van der Waals surface area contributed by atoms with Gasteiger partial charge in [0.2, 0.25) is 11.7 Å². The van der Waals surface area contributed by atoms with Crippen LogP contribution in [0.25, 0.3) is 11.6 Å². The van der Waals surface area contributed by atoms with E-state index in [1.165, 1.54) is 24.1 Å². The lowest BCUT2D eigenvalue weighted by Crippen LogP contribution is -2.42. The van der Waals surface area contributed by atoms with E-state index in [-0.39, 0.29) is 18.5 Å². The summed E-state index contributed by atoms with van der Waals surface area (Å²) >= 11 is 0. The largest absolute Gasteiger partial charge is 0.458 e. The van der Waals surface area contributed by atoms with Gasteiger partial charge in [0.1, 0.15) is 12.3 Å². The molecule has 0 saturated heterocycles. The molecule has 0 aliphatic heterocycles. The predicted molar refractivity (Wildman–Crippen MR) is 79.8 cm³/mol. The lowest BCUT2D eigenvalue weighted by molar-refractivity contribution is -0.123. The van der Waals surface area contributed by atoms with Gasteiger partial charge < -0.3 is 9.73 Å². The van der Waals surface area contributed by atoms with Gasteiger partial charge in [-0.15, -0.1) is 10.2 Å². The predicted octanol–water partition coefficient (Wildman–Crippen LogP) is 1.94. The van der Waals surface area contributed by atoms with Crippen LogP contribution in [0.2, 0.25) is 0 Å². The van der Waals surface area contributed by atoms with Crippen molar-refractivity contribution in [2.75, 3.05) is 0 Å². The maximum Gasteiger partial charge on any atom is 0.243 e. The second kappa shape index (κ2) is 6.29. The van der Waals surface area contributed by atoms with Gasteiger partial charge in [0.25, 0.3) is 0 Å². The van der Waals surface area contributed by atoms with Crippen molar-refractivity contribution in [1.29, 1.82) is 0 Å². The van der Waals surface area contributed by atoms with E-state index < -0.39 is 0 Å². The molecule has 1 amide bonds. The Morgan fingerprint density at radius 1 is 1.41 bits per heavy atom. The Morgan fingerprint density at radius 3 is 2.95 bits per heavy atom. The zero-order chi connectivity index (χ0) is 15.5. The van der Waals surface area contributed by atoms with Crippen LogP contribution in [0, 0.1) is 12.8 Å². The number of furan rings is 1. The van der Waals surface area contributed by atoms with Gasteiger partial charge in [-0.25, -0.2) is 0 Å². The summed E-state index contributed by atoms with van der Waals surface area (Å²) in [4.78, 5) is 13.4. The molecule has 2 unspecified atom stereocenters. The highest BCUT2D eigenvalue weighted by Crippen LogP contribution is 2.23. The van der Waals surface area contributed by atoms with E-state index >= 15 is 0 Å². The van der Waals surface area contributed by atoms with Crippen LogP contribution in [-0.4, -0.2) is 32.2 Å². The van der Waals surface area contributed by atoms with Crippen molar-refractivity contribution in [2.45, 2.75) is 52.1 Å².